The van der Waals surface area contributed by atoms with Crippen LogP contribution in [0, 0.1) is 11.7 Å². The first-order valence-electron chi connectivity index (χ1n) is 5.40. The summed E-state index contributed by atoms with van der Waals surface area (Å²) in [4.78, 5) is 12.0. The summed E-state index contributed by atoms with van der Waals surface area (Å²) in [5.74, 6) is -0.898. The fourth-order valence-electron chi connectivity index (χ4n) is 1.29. The molecular formula is C12H14ClFN2OS. The summed E-state index contributed by atoms with van der Waals surface area (Å²) in [7, 11) is 0. The van der Waals surface area contributed by atoms with Crippen LogP contribution in [-0.4, -0.2) is 17.4 Å². The number of rotatable bonds is 5. The monoisotopic (exact) mass is 288 g/mol. The number of nitrogens with two attached hydrogens (primary N) is 1. The summed E-state index contributed by atoms with van der Waals surface area (Å²) in [5.41, 5.74) is 5.62. The highest BCUT2D eigenvalue weighted by Gasteiger charge is 2.13. The van der Waals surface area contributed by atoms with Crippen molar-refractivity contribution in [3.8, 4) is 0 Å². The number of carbonyl (C=O) groups is 1. The van der Waals surface area contributed by atoms with E-state index in [1.807, 2.05) is 0 Å². The summed E-state index contributed by atoms with van der Waals surface area (Å²) in [6.45, 7) is 2.14. The zero-order valence-corrected chi connectivity index (χ0v) is 11.4. The minimum absolute atomic E-state index is 0.0972. The normalized spacial score (nSPS) is 11.9. The van der Waals surface area contributed by atoms with Gasteiger partial charge in [-0.25, -0.2) is 4.39 Å². The molecule has 1 aromatic carbocycles. The fourth-order valence-corrected chi connectivity index (χ4v) is 1.60. The Kier molecular flexibility index (Phi) is 5.50. The largest absolute Gasteiger partial charge is 0.393 e. The standard InChI is InChI=1S/C12H14ClFN2OS/c1-7(12(15)18)6-16-11(17)5-8-9(13)3-2-4-10(8)14/h2-4,7H,5-6H2,1H3,(H2,15,18)(H,16,17). The van der Waals surface area contributed by atoms with Gasteiger partial charge in [0.1, 0.15) is 5.82 Å². The van der Waals surface area contributed by atoms with Gasteiger partial charge in [-0.05, 0) is 12.1 Å². The van der Waals surface area contributed by atoms with Gasteiger partial charge < -0.3 is 11.1 Å². The van der Waals surface area contributed by atoms with E-state index in [-0.39, 0.29) is 28.8 Å². The lowest BCUT2D eigenvalue weighted by Crippen LogP contribution is -2.34. The highest BCUT2D eigenvalue weighted by atomic mass is 35.5. The highest BCUT2D eigenvalue weighted by molar-refractivity contribution is 7.80. The summed E-state index contributed by atoms with van der Waals surface area (Å²) >= 11 is 10.6. The van der Waals surface area contributed by atoms with Gasteiger partial charge in [0.05, 0.1) is 11.4 Å². The van der Waals surface area contributed by atoms with Crippen molar-refractivity contribution in [3.05, 3.63) is 34.6 Å². The maximum absolute atomic E-state index is 13.4. The second-order valence-electron chi connectivity index (χ2n) is 3.98. The molecule has 0 fully saturated rings. The molecule has 0 spiro atoms. The maximum atomic E-state index is 13.4. The van der Waals surface area contributed by atoms with Gasteiger partial charge in [-0.3, -0.25) is 4.79 Å². The molecule has 0 aliphatic carbocycles. The van der Waals surface area contributed by atoms with E-state index in [1.165, 1.54) is 12.1 Å². The molecule has 0 radical (unpaired) electrons. The Morgan fingerprint density at radius 3 is 2.83 bits per heavy atom. The number of amides is 1. The number of benzene rings is 1. The molecule has 0 aliphatic heterocycles. The minimum Gasteiger partial charge on any atom is -0.393 e. The second kappa shape index (κ2) is 6.66. The summed E-state index contributed by atoms with van der Waals surface area (Å²) < 4.78 is 13.4. The van der Waals surface area contributed by atoms with Crippen molar-refractivity contribution in [2.24, 2.45) is 11.7 Å². The van der Waals surface area contributed by atoms with Crippen molar-refractivity contribution in [2.75, 3.05) is 6.54 Å². The number of hydrogen-bond acceptors (Lipinski definition) is 2. The van der Waals surface area contributed by atoms with E-state index in [0.29, 0.717) is 11.5 Å². The molecule has 3 nitrogen and oxygen atoms in total. The molecule has 18 heavy (non-hydrogen) atoms. The van der Waals surface area contributed by atoms with Gasteiger partial charge >= 0.3 is 0 Å². The van der Waals surface area contributed by atoms with Crippen LogP contribution in [0.2, 0.25) is 5.02 Å². The summed E-state index contributed by atoms with van der Waals surface area (Å²) in [6, 6.07) is 4.31. The van der Waals surface area contributed by atoms with Crippen LogP contribution in [0.15, 0.2) is 18.2 Å². The molecule has 0 heterocycles. The van der Waals surface area contributed by atoms with Crippen LogP contribution >= 0.6 is 23.8 Å². The van der Waals surface area contributed by atoms with Crippen LogP contribution in [-0.2, 0) is 11.2 Å². The zero-order chi connectivity index (χ0) is 13.7. The van der Waals surface area contributed by atoms with Gasteiger partial charge in [0.25, 0.3) is 0 Å². The molecule has 98 valence electrons. The van der Waals surface area contributed by atoms with E-state index < -0.39 is 5.82 Å². The number of carbonyl (C=O) groups excluding carboxylic acids is 1. The Labute approximate surface area is 115 Å². The van der Waals surface area contributed by atoms with E-state index in [4.69, 9.17) is 29.6 Å². The van der Waals surface area contributed by atoms with E-state index >= 15 is 0 Å². The Morgan fingerprint density at radius 2 is 2.28 bits per heavy atom. The molecule has 1 aromatic rings. The fraction of sp³-hybridized carbons (Fsp3) is 0.333. The molecule has 3 N–H and O–H groups in total. The lowest BCUT2D eigenvalue weighted by atomic mass is 10.1. The average molecular weight is 289 g/mol. The predicted octanol–water partition coefficient (Wildman–Crippen LogP) is 2.06. The molecule has 1 amide bonds. The number of halogens is 2. The Morgan fingerprint density at radius 1 is 1.61 bits per heavy atom. The van der Waals surface area contributed by atoms with Gasteiger partial charge in [0.2, 0.25) is 5.91 Å². The number of nitrogens with one attached hydrogen (secondary N) is 1. The van der Waals surface area contributed by atoms with Gasteiger partial charge in [-0.15, -0.1) is 0 Å². The predicted molar refractivity (Wildman–Crippen MR) is 74.1 cm³/mol. The van der Waals surface area contributed by atoms with Crippen LogP contribution < -0.4 is 11.1 Å². The van der Waals surface area contributed by atoms with Crippen molar-refractivity contribution in [1.29, 1.82) is 0 Å². The van der Waals surface area contributed by atoms with Crippen LogP contribution in [0.5, 0.6) is 0 Å². The van der Waals surface area contributed by atoms with Gasteiger partial charge in [0.15, 0.2) is 0 Å². The van der Waals surface area contributed by atoms with Crippen molar-refractivity contribution < 1.29 is 9.18 Å². The van der Waals surface area contributed by atoms with Gasteiger partial charge in [0, 0.05) is 23.0 Å². The molecule has 1 unspecified atom stereocenters. The van der Waals surface area contributed by atoms with E-state index in [0.717, 1.165) is 0 Å². The number of hydrogen-bond donors (Lipinski definition) is 2. The lowest BCUT2D eigenvalue weighted by molar-refractivity contribution is -0.120. The zero-order valence-electron chi connectivity index (χ0n) is 9.87. The second-order valence-corrected chi connectivity index (χ2v) is 4.86. The van der Waals surface area contributed by atoms with Crippen LogP contribution in [0.4, 0.5) is 4.39 Å². The first kappa shape index (κ1) is 14.9. The SMILES string of the molecule is CC(CNC(=O)Cc1c(F)cccc1Cl)C(N)=S. The molecule has 0 bridgehead atoms. The van der Waals surface area contributed by atoms with E-state index in [9.17, 15) is 9.18 Å². The first-order chi connectivity index (χ1) is 8.41. The topological polar surface area (TPSA) is 55.1 Å². The smallest absolute Gasteiger partial charge is 0.224 e. The summed E-state index contributed by atoms with van der Waals surface area (Å²) in [5, 5.41) is 2.88. The quantitative estimate of drug-likeness (QED) is 0.816. The van der Waals surface area contributed by atoms with Gasteiger partial charge in [-0.1, -0.05) is 36.8 Å². The van der Waals surface area contributed by atoms with Crippen LogP contribution in [0.25, 0.3) is 0 Å². The minimum atomic E-state index is -0.486. The molecular weight excluding hydrogens is 275 g/mol. The van der Waals surface area contributed by atoms with Crippen molar-refractivity contribution in [1.82, 2.24) is 5.32 Å². The summed E-state index contributed by atoms with van der Waals surface area (Å²) in [6.07, 6.45) is -0.102. The molecule has 0 saturated heterocycles. The lowest BCUT2D eigenvalue weighted by Gasteiger charge is -2.11. The van der Waals surface area contributed by atoms with E-state index in [2.05, 4.69) is 5.32 Å². The van der Waals surface area contributed by atoms with Crippen molar-refractivity contribution >= 4 is 34.7 Å². The molecule has 6 heteroatoms. The number of thiocarbonyl (C=S) groups is 1. The van der Waals surface area contributed by atoms with Crippen LogP contribution in [0.1, 0.15) is 12.5 Å². The Bertz CT molecular complexity index is 447. The van der Waals surface area contributed by atoms with E-state index in [1.54, 1.807) is 13.0 Å². The van der Waals surface area contributed by atoms with Crippen molar-refractivity contribution in [3.63, 3.8) is 0 Å². The van der Waals surface area contributed by atoms with Gasteiger partial charge in [-0.2, -0.15) is 0 Å². The molecule has 1 atom stereocenters. The Balaban J connectivity index is 2.58. The third-order valence-corrected chi connectivity index (χ3v) is 3.25. The Hall–Kier alpha value is -1.20. The highest BCUT2D eigenvalue weighted by Crippen LogP contribution is 2.19. The average Bonchev–Trinajstić information content (AvgIpc) is 2.30. The van der Waals surface area contributed by atoms with Crippen LogP contribution in [0.3, 0.4) is 0 Å². The third-order valence-electron chi connectivity index (χ3n) is 2.49. The molecule has 0 aliphatic rings. The molecule has 0 saturated carbocycles. The third kappa shape index (κ3) is 4.23. The molecule has 0 aromatic heterocycles. The molecule has 1 rings (SSSR count). The maximum Gasteiger partial charge on any atom is 0.224 e. The van der Waals surface area contributed by atoms with Crippen molar-refractivity contribution in [2.45, 2.75) is 13.3 Å². The first-order valence-corrected chi connectivity index (χ1v) is 6.19.